The van der Waals surface area contributed by atoms with Crippen molar-refractivity contribution in [2.75, 3.05) is 5.32 Å². The van der Waals surface area contributed by atoms with Crippen LogP contribution in [0.3, 0.4) is 0 Å². The lowest BCUT2D eigenvalue weighted by atomic mass is 10.2. The van der Waals surface area contributed by atoms with E-state index < -0.39 is 11.9 Å². The number of aromatic nitrogens is 4. The summed E-state index contributed by atoms with van der Waals surface area (Å²) in [6.07, 6.45) is 8.70. The van der Waals surface area contributed by atoms with E-state index in [0.29, 0.717) is 34.4 Å². The molecule has 0 radical (unpaired) electrons. The Bertz CT molecular complexity index is 1540. The number of hydrogen-bond donors (Lipinski definition) is 4. The fraction of sp³-hybridized carbons (Fsp3) is 0.167. The molecule has 1 saturated carbocycles. The van der Waals surface area contributed by atoms with Crippen LogP contribution >= 0.6 is 11.3 Å². The van der Waals surface area contributed by atoms with Gasteiger partial charge in [0.1, 0.15) is 11.5 Å². The number of nitrogens with zero attached hydrogens (tertiary/aromatic N) is 4. The topological polar surface area (TPSA) is 142 Å². The molecule has 4 aromatic rings. The van der Waals surface area contributed by atoms with Crippen molar-refractivity contribution in [3.05, 3.63) is 70.6 Å². The quantitative estimate of drug-likeness (QED) is 0.226. The van der Waals surface area contributed by atoms with Crippen LogP contribution in [0.1, 0.15) is 33.6 Å². The Balaban J connectivity index is 1.32. The zero-order chi connectivity index (χ0) is 24.6. The van der Waals surface area contributed by atoms with Crippen LogP contribution in [-0.2, 0) is 11.3 Å². The van der Waals surface area contributed by atoms with Gasteiger partial charge < -0.3 is 16.0 Å². The average molecular weight is 501 g/mol. The van der Waals surface area contributed by atoms with E-state index in [2.05, 4.69) is 31.3 Å². The van der Waals surface area contributed by atoms with Crippen molar-refractivity contribution in [2.24, 2.45) is 0 Å². The van der Waals surface area contributed by atoms with Crippen LogP contribution in [0.5, 0.6) is 0 Å². The SMILES string of the molecule is O=C1NC(=O)/C(=C/c2cnn3c(NC4CC4)cc(-c4ccc(C(=O)NCc5cccnc5)s4)nc23)N1. The molecule has 4 N–H and O–H groups in total. The Hall–Kier alpha value is -4.58. The van der Waals surface area contributed by atoms with Crippen molar-refractivity contribution in [3.63, 3.8) is 0 Å². The maximum atomic E-state index is 12.7. The third-order valence-electron chi connectivity index (χ3n) is 5.71. The molecule has 1 aliphatic heterocycles. The minimum atomic E-state index is -0.569. The Morgan fingerprint density at radius 1 is 1.19 bits per heavy atom. The molecule has 1 saturated heterocycles. The molecular formula is C24H20N8O3S. The maximum absolute atomic E-state index is 12.7. The molecule has 0 bridgehead atoms. The monoisotopic (exact) mass is 500 g/mol. The summed E-state index contributed by atoms with van der Waals surface area (Å²) in [6.45, 7) is 0.386. The second-order valence-corrected chi connectivity index (χ2v) is 9.54. The number of hydrogen-bond acceptors (Lipinski definition) is 8. The number of amides is 4. The molecule has 11 nitrogen and oxygen atoms in total. The molecule has 12 heteroatoms. The van der Waals surface area contributed by atoms with Crippen molar-refractivity contribution in [2.45, 2.75) is 25.4 Å². The molecular weight excluding hydrogens is 480 g/mol. The Morgan fingerprint density at radius 2 is 2.08 bits per heavy atom. The van der Waals surface area contributed by atoms with Crippen molar-refractivity contribution < 1.29 is 14.4 Å². The number of rotatable bonds is 7. The highest BCUT2D eigenvalue weighted by Crippen LogP contribution is 2.32. The van der Waals surface area contributed by atoms with E-state index in [0.717, 1.165) is 29.1 Å². The molecule has 4 aromatic heterocycles. The first-order valence-corrected chi connectivity index (χ1v) is 12.1. The fourth-order valence-corrected chi connectivity index (χ4v) is 4.64. The van der Waals surface area contributed by atoms with Gasteiger partial charge in [0, 0.05) is 36.6 Å². The summed E-state index contributed by atoms with van der Waals surface area (Å²) in [5, 5.41) is 15.5. The van der Waals surface area contributed by atoms with E-state index in [1.54, 1.807) is 35.2 Å². The minimum Gasteiger partial charge on any atom is -0.367 e. The molecule has 6 rings (SSSR count). The molecule has 0 spiro atoms. The highest BCUT2D eigenvalue weighted by Gasteiger charge is 2.25. The normalized spacial score (nSPS) is 16.3. The molecule has 0 aromatic carbocycles. The first-order chi connectivity index (χ1) is 17.5. The first-order valence-electron chi connectivity index (χ1n) is 11.3. The van der Waals surface area contributed by atoms with Gasteiger partial charge in [0.15, 0.2) is 5.65 Å². The second-order valence-electron chi connectivity index (χ2n) is 8.45. The summed E-state index contributed by atoms with van der Waals surface area (Å²) >= 11 is 1.34. The third-order valence-corrected chi connectivity index (χ3v) is 6.81. The van der Waals surface area contributed by atoms with Crippen LogP contribution in [-0.4, -0.2) is 43.5 Å². The van der Waals surface area contributed by atoms with Crippen LogP contribution in [0, 0.1) is 0 Å². The number of nitrogens with one attached hydrogen (secondary N) is 4. The van der Waals surface area contributed by atoms with E-state index in [4.69, 9.17) is 4.98 Å². The minimum absolute atomic E-state index is 0.127. The van der Waals surface area contributed by atoms with E-state index in [-0.39, 0.29) is 11.6 Å². The van der Waals surface area contributed by atoms with Crippen molar-refractivity contribution in [1.82, 2.24) is 35.5 Å². The van der Waals surface area contributed by atoms with Crippen LogP contribution < -0.4 is 21.3 Å². The Labute approximate surface area is 208 Å². The Kier molecular flexibility index (Phi) is 5.41. The predicted molar refractivity (Wildman–Crippen MR) is 133 cm³/mol. The number of fused-ring (bicyclic) bond motifs is 1. The van der Waals surface area contributed by atoms with Gasteiger partial charge in [-0.2, -0.15) is 9.61 Å². The number of pyridine rings is 1. The van der Waals surface area contributed by atoms with Crippen LogP contribution in [0.4, 0.5) is 10.6 Å². The summed E-state index contributed by atoms with van der Waals surface area (Å²) in [7, 11) is 0. The average Bonchev–Trinajstić information content (AvgIpc) is 3.25. The van der Waals surface area contributed by atoms with Crippen molar-refractivity contribution >= 4 is 46.7 Å². The highest BCUT2D eigenvalue weighted by atomic mass is 32.1. The molecule has 2 aliphatic rings. The van der Waals surface area contributed by atoms with Gasteiger partial charge >= 0.3 is 6.03 Å². The third kappa shape index (κ3) is 4.41. The van der Waals surface area contributed by atoms with Crippen LogP contribution in [0.2, 0.25) is 0 Å². The molecule has 2 fully saturated rings. The zero-order valence-electron chi connectivity index (χ0n) is 18.8. The van der Waals surface area contributed by atoms with Gasteiger partial charge in [-0.3, -0.25) is 19.9 Å². The highest BCUT2D eigenvalue weighted by molar-refractivity contribution is 7.17. The van der Waals surface area contributed by atoms with Crippen LogP contribution in [0.25, 0.3) is 22.3 Å². The predicted octanol–water partition coefficient (Wildman–Crippen LogP) is 2.54. The van der Waals surface area contributed by atoms with Crippen LogP contribution in [0.15, 0.2) is 54.6 Å². The smallest absolute Gasteiger partial charge is 0.326 e. The van der Waals surface area contributed by atoms with Gasteiger partial charge in [0.25, 0.3) is 11.8 Å². The number of anilines is 1. The Morgan fingerprint density at radius 3 is 2.83 bits per heavy atom. The van der Waals surface area contributed by atoms with Gasteiger partial charge in [-0.05, 0) is 42.7 Å². The zero-order valence-corrected chi connectivity index (χ0v) is 19.6. The van der Waals surface area contributed by atoms with E-state index >= 15 is 0 Å². The summed E-state index contributed by atoms with van der Waals surface area (Å²) in [5.74, 6) is 0.0790. The molecule has 1 aliphatic carbocycles. The van der Waals surface area contributed by atoms with Gasteiger partial charge in [0.2, 0.25) is 0 Å². The lowest BCUT2D eigenvalue weighted by Gasteiger charge is -2.09. The lowest BCUT2D eigenvalue weighted by Crippen LogP contribution is -2.22. The van der Waals surface area contributed by atoms with E-state index in [1.807, 2.05) is 24.3 Å². The second kappa shape index (κ2) is 8.89. The standard InChI is InChI=1S/C24H20N8O3S/c33-22-17(30-24(35)31-22)8-14-12-27-32-20(28-15-3-4-15)9-16(29-21(14)32)18-5-6-19(36-18)23(34)26-11-13-2-1-7-25-10-13/h1-2,5-10,12,15,28H,3-4,11H2,(H,26,34)(H2,30,31,33,35)/b17-8-. The van der Waals surface area contributed by atoms with Gasteiger partial charge in [-0.15, -0.1) is 11.3 Å². The summed E-state index contributed by atoms with van der Waals surface area (Å²) in [6, 6.07) is 9.07. The number of urea groups is 1. The lowest BCUT2D eigenvalue weighted by molar-refractivity contribution is -0.115. The van der Waals surface area contributed by atoms with E-state index in [1.165, 1.54) is 11.3 Å². The van der Waals surface area contributed by atoms with E-state index in [9.17, 15) is 14.4 Å². The van der Waals surface area contributed by atoms with Gasteiger partial charge in [-0.1, -0.05) is 6.07 Å². The first kappa shape index (κ1) is 21.9. The molecule has 36 heavy (non-hydrogen) atoms. The van der Waals surface area contributed by atoms with Crippen molar-refractivity contribution in [1.29, 1.82) is 0 Å². The molecule has 180 valence electrons. The van der Waals surface area contributed by atoms with Gasteiger partial charge in [0.05, 0.1) is 21.6 Å². The molecule has 0 unspecified atom stereocenters. The molecule has 0 atom stereocenters. The number of thiophene rings is 1. The molecule has 4 amide bonds. The number of imide groups is 1. The number of carbonyl (C=O) groups excluding carboxylic acids is 3. The summed E-state index contributed by atoms with van der Waals surface area (Å²) in [4.78, 5) is 46.4. The molecule has 5 heterocycles. The fourth-order valence-electron chi connectivity index (χ4n) is 3.76. The largest absolute Gasteiger partial charge is 0.367 e. The van der Waals surface area contributed by atoms with Gasteiger partial charge in [-0.25, -0.2) is 9.78 Å². The number of carbonyl (C=O) groups is 3. The summed E-state index contributed by atoms with van der Waals surface area (Å²) in [5.41, 5.74) is 2.81. The summed E-state index contributed by atoms with van der Waals surface area (Å²) < 4.78 is 1.68. The maximum Gasteiger partial charge on any atom is 0.326 e. The van der Waals surface area contributed by atoms with Crippen molar-refractivity contribution in [3.8, 4) is 10.6 Å².